The highest BCUT2D eigenvalue weighted by molar-refractivity contribution is 7.10. The zero-order valence-electron chi connectivity index (χ0n) is 25.7. The predicted molar refractivity (Wildman–Crippen MR) is 161 cm³/mol. The standard InChI is InChI=1S/C33H34O13S/c1-37-20-7-14(8-21(38-2)29(20)39-3)24-15-9-18-19(43-13-42-18)10-16(15)28(17-11-40-31(36)25(17)24)45-33-27(35)26(34)30-22(44-33)12-41-32(46-30)23-5-4-6-47-23/h4-10,17,22,24-28,30,32-35H,11-13H2,1-3H3/t17-,22+,24+,25-,26+,27+,28+,30+,32?,33-/m0/s1. The van der Waals surface area contributed by atoms with Crippen LogP contribution in [0.25, 0.3) is 0 Å². The summed E-state index contributed by atoms with van der Waals surface area (Å²) < 4.78 is 58.8. The van der Waals surface area contributed by atoms with Crippen LogP contribution in [0.3, 0.4) is 0 Å². The molecule has 2 N–H and O–H groups in total. The summed E-state index contributed by atoms with van der Waals surface area (Å²) in [7, 11) is 4.59. The molecule has 2 aromatic carbocycles. The zero-order chi connectivity index (χ0) is 32.4. The first kappa shape index (κ1) is 30.7. The molecule has 5 aliphatic rings. The third-order valence-electron chi connectivity index (χ3n) is 9.55. The third kappa shape index (κ3) is 5.01. The number of thiophene rings is 1. The van der Waals surface area contributed by atoms with Crippen molar-refractivity contribution < 1.29 is 62.4 Å². The Morgan fingerprint density at radius 2 is 1.62 bits per heavy atom. The molecular formula is C33H34O13S. The van der Waals surface area contributed by atoms with Crippen molar-refractivity contribution in [1.82, 2.24) is 0 Å². The van der Waals surface area contributed by atoms with Gasteiger partial charge in [0, 0.05) is 11.8 Å². The fourth-order valence-corrected chi connectivity index (χ4v) is 8.08. The van der Waals surface area contributed by atoms with E-state index in [0.29, 0.717) is 34.3 Å². The highest BCUT2D eigenvalue weighted by atomic mass is 32.1. The van der Waals surface area contributed by atoms with E-state index in [1.165, 1.54) is 32.7 Å². The summed E-state index contributed by atoms with van der Waals surface area (Å²) in [5, 5.41) is 24.5. The topological polar surface area (TPSA) is 150 Å². The van der Waals surface area contributed by atoms with Crippen LogP contribution in [-0.4, -0.2) is 88.2 Å². The lowest BCUT2D eigenvalue weighted by atomic mass is 9.66. The first-order valence-electron chi connectivity index (χ1n) is 15.3. The summed E-state index contributed by atoms with van der Waals surface area (Å²) in [6.45, 7) is 0.225. The Morgan fingerprint density at radius 1 is 0.872 bits per heavy atom. The number of hydrogen-bond donors (Lipinski definition) is 2. The largest absolute Gasteiger partial charge is 0.493 e. The summed E-state index contributed by atoms with van der Waals surface area (Å²) in [5.41, 5.74) is 2.17. The van der Waals surface area contributed by atoms with Gasteiger partial charge in [0.05, 0.1) is 51.4 Å². The molecule has 0 amide bonds. The van der Waals surface area contributed by atoms with Crippen LogP contribution in [0.4, 0.5) is 0 Å². The van der Waals surface area contributed by atoms with Crippen molar-refractivity contribution >= 4 is 17.3 Å². The van der Waals surface area contributed by atoms with E-state index in [1.807, 2.05) is 41.8 Å². The van der Waals surface area contributed by atoms with E-state index in [1.54, 1.807) is 0 Å². The summed E-state index contributed by atoms with van der Waals surface area (Å²) in [5.74, 6) is 0.229. The van der Waals surface area contributed by atoms with E-state index in [9.17, 15) is 15.0 Å². The molecule has 1 aliphatic carbocycles. The predicted octanol–water partition coefficient (Wildman–Crippen LogP) is 3.06. The van der Waals surface area contributed by atoms with E-state index in [-0.39, 0.29) is 20.0 Å². The van der Waals surface area contributed by atoms with Gasteiger partial charge < -0.3 is 57.6 Å². The number of esters is 1. The van der Waals surface area contributed by atoms with E-state index in [4.69, 9.17) is 47.4 Å². The van der Waals surface area contributed by atoms with Gasteiger partial charge in [-0.05, 0) is 52.4 Å². The first-order valence-corrected chi connectivity index (χ1v) is 16.2. The van der Waals surface area contributed by atoms with Gasteiger partial charge in [-0.15, -0.1) is 11.3 Å². The van der Waals surface area contributed by atoms with Crippen LogP contribution in [0.5, 0.6) is 28.7 Å². The number of ether oxygens (including phenoxy) is 10. The van der Waals surface area contributed by atoms with Crippen molar-refractivity contribution in [3.8, 4) is 28.7 Å². The van der Waals surface area contributed by atoms with Gasteiger partial charge in [-0.2, -0.15) is 0 Å². The zero-order valence-corrected chi connectivity index (χ0v) is 26.5. The minimum atomic E-state index is -1.46. The van der Waals surface area contributed by atoms with Crippen molar-refractivity contribution in [2.45, 2.75) is 49.0 Å². The highest BCUT2D eigenvalue weighted by Gasteiger charge is 2.56. The van der Waals surface area contributed by atoms with Crippen LogP contribution >= 0.6 is 11.3 Å². The molecular weight excluding hydrogens is 636 g/mol. The number of carbonyl (C=O) groups is 1. The fourth-order valence-electron chi connectivity index (χ4n) is 7.37. The molecule has 0 spiro atoms. The fraction of sp³-hybridized carbons (Fsp3) is 0.485. The number of aliphatic hydroxyl groups excluding tert-OH is 2. The molecule has 10 atom stereocenters. The number of benzene rings is 2. The van der Waals surface area contributed by atoms with Crippen molar-refractivity contribution in [2.24, 2.45) is 11.8 Å². The average Bonchev–Trinajstić information content (AvgIpc) is 3.87. The lowest BCUT2D eigenvalue weighted by Gasteiger charge is -2.48. The van der Waals surface area contributed by atoms with Gasteiger partial charge >= 0.3 is 5.97 Å². The quantitative estimate of drug-likeness (QED) is 0.355. The lowest BCUT2D eigenvalue weighted by molar-refractivity contribution is -0.368. The van der Waals surface area contributed by atoms with Crippen LogP contribution in [0.2, 0.25) is 0 Å². The Labute approximate surface area is 273 Å². The molecule has 14 heteroatoms. The summed E-state index contributed by atoms with van der Waals surface area (Å²) in [6.07, 6.45) is -7.07. The number of carbonyl (C=O) groups excluding carboxylic acids is 1. The van der Waals surface area contributed by atoms with Crippen molar-refractivity contribution in [3.05, 3.63) is 63.3 Å². The van der Waals surface area contributed by atoms with Crippen molar-refractivity contribution in [1.29, 1.82) is 0 Å². The molecule has 0 radical (unpaired) electrons. The Morgan fingerprint density at radius 3 is 2.30 bits per heavy atom. The second-order valence-corrected chi connectivity index (χ2v) is 12.9. The first-order chi connectivity index (χ1) is 22.9. The molecule has 3 fully saturated rings. The van der Waals surface area contributed by atoms with Crippen LogP contribution in [0.1, 0.15) is 39.9 Å². The summed E-state index contributed by atoms with van der Waals surface area (Å²) in [4.78, 5) is 14.4. The SMILES string of the molecule is COc1cc([C@@H]2c3cc4c(cc3[C@@H](O[C@@H]3O[C@@H]5COC(c6cccs6)O[C@H]5[C@H](O)[C@H]3O)[C@H]3COC(=O)[C@H]23)OCO4)cc(OC)c1OC. The maximum absolute atomic E-state index is 13.6. The number of cyclic esters (lactones) is 1. The molecule has 250 valence electrons. The molecule has 1 aromatic heterocycles. The Hall–Kier alpha value is -3.63. The Balaban J connectivity index is 1.16. The average molecular weight is 671 g/mol. The van der Waals surface area contributed by atoms with E-state index in [0.717, 1.165) is 16.0 Å². The molecule has 1 unspecified atom stereocenters. The smallest absolute Gasteiger partial charge is 0.310 e. The molecule has 13 nitrogen and oxygen atoms in total. The molecule has 0 saturated carbocycles. The van der Waals surface area contributed by atoms with Crippen LogP contribution in [0, 0.1) is 11.8 Å². The number of rotatable bonds is 7. The van der Waals surface area contributed by atoms with Gasteiger partial charge in [0.1, 0.15) is 24.4 Å². The number of methoxy groups -OCH3 is 3. The third-order valence-corrected chi connectivity index (χ3v) is 10.4. The van der Waals surface area contributed by atoms with Crippen molar-refractivity contribution in [3.63, 3.8) is 0 Å². The van der Waals surface area contributed by atoms with Gasteiger partial charge in [0.15, 0.2) is 35.6 Å². The second kappa shape index (κ2) is 12.1. The van der Waals surface area contributed by atoms with Gasteiger partial charge in [-0.1, -0.05) is 6.07 Å². The maximum atomic E-state index is 13.6. The Kier molecular flexibility index (Phi) is 7.91. The summed E-state index contributed by atoms with van der Waals surface area (Å²) in [6, 6.07) is 11.1. The van der Waals surface area contributed by atoms with Gasteiger partial charge in [0.25, 0.3) is 0 Å². The van der Waals surface area contributed by atoms with Gasteiger partial charge in [-0.25, -0.2) is 0 Å². The van der Waals surface area contributed by atoms with Gasteiger partial charge in [0.2, 0.25) is 12.5 Å². The van der Waals surface area contributed by atoms with E-state index < -0.39 is 66.8 Å². The highest BCUT2D eigenvalue weighted by Crippen LogP contribution is 2.57. The number of fused-ring (bicyclic) bond motifs is 4. The molecule has 4 aliphatic heterocycles. The molecule has 3 saturated heterocycles. The van der Waals surface area contributed by atoms with Crippen LogP contribution < -0.4 is 23.7 Å². The molecule has 3 aromatic rings. The van der Waals surface area contributed by atoms with Crippen LogP contribution in [-0.2, 0) is 28.5 Å². The number of aliphatic hydroxyl groups is 2. The Bertz CT molecular complexity index is 1620. The van der Waals surface area contributed by atoms with E-state index in [2.05, 4.69) is 0 Å². The maximum Gasteiger partial charge on any atom is 0.310 e. The molecule has 47 heavy (non-hydrogen) atoms. The monoisotopic (exact) mass is 670 g/mol. The normalized spacial score (nSPS) is 33.8. The molecule has 5 heterocycles. The minimum absolute atomic E-state index is 0.0413. The van der Waals surface area contributed by atoms with Crippen LogP contribution in [0.15, 0.2) is 41.8 Å². The number of hydrogen-bond acceptors (Lipinski definition) is 14. The lowest BCUT2D eigenvalue weighted by Crippen LogP contribution is -2.62. The summed E-state index contributed by atoms with van der Waals surface area (Å²) >= 11 is 1.47. The second-order valence-electron chi connectivity index (χ2n) is 12.0. The molecule has 8 rings (SSSR count). The molecule has 0 bridgehead atoms. The van der Waals surface area contributed by atoms with Gasteiger partial charge in [-0.3, -0.25) is 4.79 Å². The van der Waals surface area contributed by atoms with Crippen molar-refractivity contribution in [2.75, 3.05) is 41.3 Å². The van der Waals surface area contributed by atoms with E-state index >= 15 is 0 Å². The minimum Gasteiger partial charge on any atom is -0.493 e.